The highest BCUT2D eigenvalue weighted by Crippen LogP contribution is 2.22. The number of hydrogen-bond acceptors (Lipinski definition) is 5. The van der Waals surface area contributed by atoms with E-state index in [1.54, 1.807) is 19.3 Å². The second kappa shape index (κ2) is 5.19. The van der Waals surface area contributed by atoms with Crippen LogP contribution >= 0.6 is 0 Å². The summed E-state index contributed by atoms with van der Waals surface area (Å²) < 4.78 is 10.1. The van der Waals surface area contributed by atoms with Crippen molar-refractivity contribution in [3.8, 4) is 5.88 Å². The maximum absolute atomic E-state index is 5.79. The maximum atomic E-state index is 5.79. The number of anilines is 1. The highest BCUT2D eigenvalue weighted by Gasteiger charge is 2.07. The predicted molar refractivity (Wildman–Crippen MR) is 58.4 cm³/mol. The van der Waals surface area contributed by atoms with Gasteiger partial charge in [0, 0.05) is 6.08 Å². The molecule has 0 bridgehead atoms. The van der Waals surface area contributed by atoms with Gasteiger partial charge in [0.25, 0.3) is 0 Å². The van der Waals surface area contributed by atoms with E-state index in [1.165, 1.54) is 7.11 Å². The van der Waals surface area contributed by atoms with E-state index in [0.717, 1.165) is 0 Å². The van der Waals surface area contributed by atoms with Crippen molar-refractivity contribution in [3.05, 3.63) is 17.8 Å². The molecule has 5 nitrogen and oxygen atoms in total. The molecule has 1 rings (SSSR count). The summed E-state index contributed by atoms with van der Waals surface area (Å²) >= 11 is 0. The van der Waals surface area contributed by atoms with Crippen LogP contribution in [0, 0.1) is 6.92 Å². The normalized spacial score (nSPS) is 10.6. The molecular weight excluding hydrogens is 194 g/mol. The fourth-order valence-corrected chi connectivity index (χ4v) is 1.07. The molecule has 82 valence electrons. The molecule has 0 saturated carbocycles. The van der Waals surface area contributed by atoms with Crippen molar-refractivity contribution in [2.45, 2.75) is 13.8 Å². The largest absolute Gasteiger partial charge is 0.501 e. The molecule has 0 atom stereocenters. The van der Waals surface area contributed by atoms with Crippen molar-refractivity contribution in [1.29, 1.82) is 0 Å². The van der Waals surface area contributed by atoms with Crippen molar-refractivity contribution in [3.63, 3.8) is 0 Å². The molecule has 0 saturated heterocycles. The molecule has 0 unspecified atom stereocenters. The summed E-state index contributed by atoms with van der Waals surface area (Å²) in [5.74, 6) is 0.996. The van der Waals surface area contributed by atoms with Crippen LogP contribution in [-0.2, 0) is 4.74 Å². The average Bonchev–Trinajstić information content (AvgIpc) is 2.23. The van der Waals surface area contributed by atoms with Gasteiger partial charge in [-0.15, -0.1) is 0 Å². The summed E-state index contributed by atoms with van der Waals surface area (Å²) in [4.78, 5) is 8.22. The number of aryl methyl sites for hydroxylation is 1. The van der Waals surface area contributed by atoms with Gasteiger partial charge < -0.3 is 15.2 Å². The highest BCUT2D eigenvalue weighted by molar-refractivity contribution is 5.64. The lowest BCUT2D eigenvalue weighted by atomic mass is 10.3. The van der Waals surface area contributed by atoms with Crippen LogP contribution in [0.3, 0.4) is 0 Å². The minimum Gasteiger partial charge on any atom is -0.501 e. The zero-order chi connectivity index (χ0) is 11.3. The van der Waals surface area contributed by atoms with E-state index >= 15 is 0 Å². The third kappa shape index (κ3) is 2.83. The number of hydrogen-bond donors (Lipinski definition) is 1. The Bertz CT molecular complexity index is 364. The lowest BCUT2D eigenvalue weighted by Crippen LogP contribution is -2.02. The van der Waals surface area contributed by atoms with Crippen LogP contribution in [0.15, 0.2) is 6.26 Å². The van der Waals surface area contributed by atoms with Crippen LogP contribution in [0.1, 0.15) is 18.4 Å². The number of nitrogen functional groups attached to an aromatic ring is 1. The Hall–Kier alpha value is -1.78. The van der Waals surface area contributed by atoms with E-state index < -0.39 is 0 Å². The summed E-state index contributed by atoms with van der Waals surface area (Å²) in [5.41, 5.74) is 6.81. The molecular formula is C10H15N3O2. The van der Waals surface area contributed by atoms with Crippen molar-refractivity contribution < 1.29 is 9.47 Å². The number of ether oxygens (including phenoxy) is 2. The van der Waals surface area contributed by atoms with Crippen LogP contribution in [0.25, 0.3) is 6.08 Å². The van der Waals surface area contributed by atoms with Gasteiger partial charge in [0.05, 0.1) is 25.7 Å². The summed E-state index contributed by atoms with van der Waals surface area (Å²) in [6, 6.07) is 0. The van der Waals surface area contributed by atoms with E-state index in [1.807, 2.05) is 6.92 Å². The lowest BCUT2D eigenvalue weighted by Gasteiger charge is -2.06. The lowest BCUT2D eigenvalue weighted by molar-refractivity contribution is 0.272. The Morgan fingerprint density at radius 1 is 1.40 bits per heavy atom. The minimum atomic E-state index is 0.388. The van der Waals surface area contributed by atoms with Gasteiger partial charge in [-0.2, -0.15) is 4.98 Å². The highest BCUT2D eigenvalue weighted by atomic mass is 16.5. The van der Waals surface area contributed by atoms with E-state index in [-0.39, 0.29) is 0 Å². The first kappa shape index (κ1) is 11.3. The second-order valence-corrected chi connectivity index (χ2v) is 2.84. The summed E-state index contributed by atoms with van der Waals surface area (Å²) in [5, 5.41) is 0. The summed E-state index contributed by atoms with van der Waals surface area (Å²) in [7, 11) is 1.52. The van der Waals surface area contributed by atoms with Gasteiger partial charge in [0.15, 0.2) is 0 Å². The summed E-state index contributed by atoms with van der Waals surface area (Å²) in [6.45, 7) is 4.29. The Morgan fingerprint density at radius 3 is 2.73 bits per heavy atom. The predicted octanol–water partition coefficient (Wildman–Crippen LogP) is 1.38. The third-order valence-corrected chi connectivity index (χ3v) is 1.73. The van der Waals surface area contributed by atoms with Crippen molar-refractivity contribution >= 4 is 11.8 Å². The standard InChI is InChI=1S/C10H15N3O2/c1-4-15-6-5-8-9(11)10(14-3)13-7(2)12-8/h5-6H,4,11H2,1-3H3/b6-5+. The van der Waals surface area contributed by atoms with Crippen LogP contribution in [0.2, 0.25) is 0 Å². The molecule has 0 aliphatic heterocycles. The molecule has 0 radical (unpaired) electrons. The van der Waals surface area contributed by atoms with Crippen LogP contribution in [-0.4, -0.2) is 23.7 Å². The van der Waals surface area contributed by atoms with Crippen LogP contribution in [0.4, 0.5) is 5.69 Å². The third-order valence-electron chi connectivity index (χ3n) is 1.73. The Labute approximate surface area is 88.9 Å². The van der Waals surface area contributed by atoms with Crippen molar-refractivity contribution in [2.75, 3.05) is 19.5 Å². The number of methoxy groups -OCH3 is 1. The van der Waals surface area contributed by atoms with E-state index in [2.05, 4.69) is 9.97 Å². The fraction of sp³-hybridized carbons (Fsp3) is 0.400. The van der Waals surface area contributed by atoms with Crippen LogP contribution in [0.5, 0.6) is 5.88 Å². The number of aromatic nitrogens is 2. The molecule has 0 fully saturated rings. The monoisotopic (exact) mass is 209 g/mol. The van der Waals surface area contributed by atoms with Crippen LogP contribution < -0.4 is 10.5 Å². The zero-order valence-electron chi connectivity index (χ0n) is 9.15. The smallest absolute Gasteiger partial charge is 0.240 e. The molecule has 0 aliphatic carbocycles. The fourth-order valence-electron chi connectivity index (χ4n) is 1.07. The van der Waals surface area contributed by atoms with Gasteiger partial charge in [-0.1, -0.05) is 0 Å². The van der Waals surface area contributed by atoms with Crippen molar-refractivity contribution in [2.24, 2.45) is 0 Å². The summed E-state index contributed by atoms with van der Waals surface area (Å²) in [6.07, 6.45) is 3.24. The molecule has 2 N–H and O–H groups in total. The van der Waals surface area contributed by atoms with Gasteiger partial charge in [0.1, 0.15) is 11.5 Å². The molecule has 1 aromatic rings. The Kier molecular flexibility index (Phi) is 3.91. The first-order valence-electron chi connectivity index (χ1n) is 4.65. The molecule has 1 aromatic heterocycles. The van der Waals surface area contributed by atoms with Gasteiger partial charge in [-0.05, 0) is 13.8 Å². The van der Waals surface area contributed by atoms with Gasteiger partial charge >= 0.3 is 0 Å². The maximum Gasteiger partial charge on any atom is 0.240 e. The molecule has 1 heterocycles. The molecule has 5 heteroatoms. The van der Waals surface area contributed by atoms with E-state index in [9.17, 15) is 0 Å². The van der Waals surface area contributed by atoms with Crippen molar-refractivity contribution in [1.82, 2.24) is 9.97 Å². The SMILES string of the molecule is CCO/C=C/c1nc(C)nc(OC)c1N. The molecule has 0 amide bonds. The first-order chi connectivity index (χ1) is 7.19. The topological polar surface area (TPSA) is 70.3 Å². The molecule has 0 aromatic carbocycles. The Morgan fingerprint density at radius 2 is 2.13 bits per heavy atom. The van der Waals surface area contributed by atoms with Gasteiger partial charge in [-0.3, -0.25) is 0 Å². The van der Waals surface area contributed by atoms with E-state index in [4.69, 9.17) is 15.2 Å². The average molecular weight is 209 g/mol. The van der Waals surface area contributed by atoms with Gasteiger partial charge in [-0.25, -0.2) is 4.98 Å². The molecule has 0 spiro atoms. The Balaban J connectivity index is 3.01. The number of nitrogens with zero attached hydrogens (tertiary/aromatic N) is 2. The van der Waals surface area contributed by atoms with E-state index in [0.29, 0.717) is 29.7 Å². The molecule has 15 heavy (non-hydrogen) atoms. The first-order valence-corrected chi connectivity index (χ1v) is 4.65. The number of rotatable bonds is 4. The van der Waals surface area contributed by atoms with Gasteiger partial charge in [0.2, 0.25) is 5.88 Å². The number of nitrogens with two attached hydrogens (primary N) is 1. The zero-order valence-corrected chi connectivity index (χ0v) is 9.15. The second-order valence-electron chi connectivity index (χ2n) is 2.84. The quantitative estimate of drug-likeness (QED) is 0.758. The molecule has 0 aliphatic rings. The minimum absolute atomic E-state index is 0.388.